The van der Waals surface area contributed by atoms with E-state index in [1.807, 2.05) is 6.07 Å². The first kappa shape index (κ1) is 26.8. The molecule has 1 fully saturated rings. The maximum Gasteiger partial charge on any atom is 0.353 e. The molecule has 2 aliphatic heterocycles. The largest absolute Gasteiger partial charge is 0.477 e. The van der Waals surface area contributed by atoms with Crippen molar-refractivity contribution < 1.29 is 24.3 Å². The summed E-state index contributed by atoms with van der Waals surface area (Å²) in [6.45, 7) is 0.561. The van der Waals surface area contributed by atoms with E-state index in [0.29, 0.717) is 30.0 Å². The molecule has 4 rings (SSSR count). The zero-order chi connectivity index (χ0) is 26.5. The summed E-state index contributed by atoms with van der Waals surface area (Å²) in [5, 5.41) is 16.4. The molecule has 2 aromatic heterocycles. The van der Waals surface area contributed by atoms with Crippen LogP contribution in [0.25, 0.3) is 0 Å². The number of carbonyl (C=O) groups excluding carboxylic acids is 2. The van der Waals surface area contributed by atoms with Crippen LogP contribution in [0.4, 0.5) is 5.13 Å². The van der Waals surface area contributed by atoms with Crippen molar-refractivity contribution in [2.75, 3.05) is 25.1 Å². The first-order valence-electron chi connectivity index (χ1n) is 11.0. The lowest BCUT2D eigenvalue weighted by molar-refractivity contribution is -0.155. The SMILES string of the molecule is CO/N=C(\C(=O)NC1C(=O)N2C(C(=O)O)=C(Sc3ccncc3CSCCN)CCC12)c1nsc(N)n1. The molecule has 0 aromatic carbocycles. The Balaban J connectivity index is 1.52. The molecule has 6 N–H and O–H groups in total. The van der Waals surface area contributed by atoms with Gasteiger partial charge in [-0.15, -0.1) is 0 Å². The molecule has 16 heteroatoms. The fourth-order valence-corrected chi connectivity index (χ4v) is 6.40. The fourth-order valence-electron chi connectivity index (χ4n) is 3.96. The highest BCUT2D eigenvalue weighted by molar-refractivity contribution is 8.03. The van der Waals surface area contributed by atoms with Crippen molar-refractivity contribution in [1.29, 1.82) is 0 Å². The Bertz CT molecular complexity index is 1270. The quantitative estimate of drug-likeness (QED) is 0.129. The van der Waals surface area contributed by atoms with Crippen molar-refractivity contribution in [1.82, 2.24) is 24.6 Å². The average Bonchev–Trinajstić information content (AvgIpc) is 3.32. The van der Waals surface area contributed by atoms with Gasteiger partial charge in [-0.1, -0.05) is 16.9 Å². The van der Waals surface area contributed by atoms with Crippen LogP contribution in [-0.2, 0) is 25.0 Å². The lowest BCUT2D eigenvalue weighted by Gasteiger charge is -2.50. The maximum absolute atomic E-state index is 13.1. The number of nitrogens with two attached hydrogens (primary N) is 2. The van der Waals surface area contributed by atoms with E-state index >= 15 is 0 Å². The van der Waals surface area contributed by atoms with Gasteiger partial charge in [0, 0.05) is 51.8 Å². The summed E-state index contributed by atoms with van der Waals surface area (Å²) in [6.07, 6.45) is 4.30. The Morgan fingerprint density at radius 2 is 2.24 bits per heavy atom. The standard InChI is InChI=1S/C21H24N8O5S3/c1-34-27-15(17-26-21(23)37-28-17)18(30)25-14-11-2-3-13(16(20(32)33)29(11)19(14)31)36-12-4-6-24-8-10(12)9-35-7-5-22/h4,6,8,11,14H,2-3,5,7,9,22H2,1H3,(H,25,30)(H,32,33)(H2,23,26,28)/b27-15-. The summed E-state index contributed by atoms with van der Waals surface area (Å²) < 4.78 is 3.96. The minimum atomic E-state index is -1.21. The molecule has 0 radical (unpaired) electrons. The number of fused-ring (bicyclic) bond motifs is 1. The Kier molecular flexibility index (Phi) is 8.63. The van der Waals surface area contributed by atoms with Gasteiger partial charge in [-0.05, 0) is 24.5 Å². The summed E-state index contributed by atoms with van der Waals surface area (Å²) in [7, 11) is 1.26. The summed E-state index contributed by atoms with van der Waals surface area (Å²) in [6, 6.07) is 0.398. The first-order chi connectivity index (χ1) is 17.8. The number of carboxylic acids is 1. The van der Waals surface area contributed by atoms with Gasteiger partial charge in [-0.3, -0.25) is 19.5 Å². The van der Waals surface area contributed by atoms with Gasteiger partial charge in [0.05, 0.1) is 6.04 Å². The maximum atomic E-state index is 13.1. The van der Waals surface area contributed by atoms with Crippen molar-refractivity contribution in [2.45, 2.75) is 35.6 Å². The number of β-lactam (4-membered cyclic amide) rings is 1. The molecule has 0 spiro atoms. The molecule has 0 aliphatic carbocycles. The van der Waals surface area contributed by atoms with E-state index in [9.17, 15) is 19.5 Å². The highest BCUT2D eigenvalue weighted by Crippen LogP contribution is 2.44. The van der Waals surface area contributed by atoms with Crippen LogP contribution >= 0.6 is 35.1 Å². The number of aromatic nitrogens is 3. The number of pyridine rings is 1. The van der Waals surface area contributed by atoms with Gasteiger partial charge in [0.2, 0.25) is 11.5 Å². The molecule has 13 nitrogen and oxygen atoms in total. The topological polar surface area (TPSA) is 199 Å². The van der Waals surface area contributed by atoms with Crippen molar-refractivity contribution >= 4 is 63.7 Å². The highest BCUT2D eigenvalue weighted by atomic mass is 32.2. The lowest BCUT2D eigenvalue weighted by atomic mass is 9.86. The molecule has 2 aliphatic rings. The first-order valence-corrected chi connectivity index (χ1v) is 13.8. The van der Waals surface area contributed by atoms with Gasteiger partial charge >= 0.3 is 5.97 Å². The van der Waals surface area contributed by atoms with Crippen LogP contribution in [0, 0.1) is 0 Å². The number of thioether (sulfide) groups is 2. The smallest absolute Gasteiger partial charge is 0.353 e. The second-order valence-corrected chi connectivity index (χ2v) is 10.9. The molecule has 196 valence electrons. The zero-order valence-corrected chi connectivity index (χ0v) is 22.1. The minimum absolute atomic E-state index is 0.0308. The van der Waals surface area contributed by atoms with Crippen molar-refractivity contribution in [3.8, 4) is 0 Å². The minimum Gasteiger partial charge on any atom is -0.477 e. The van der Waals surface area contributed by atoms with Crippen molar-refractivity contribution in [3.05, 3.63) is 40.5 Å². The normalized spacial score (nSPS) is 19.4. The number of hydrogen-bond donors (Lipinski definition) is 4. The Labute approximate surface area is 224 Å². The van der Waals surface area contributed by atoms with Crippen LogP contribution < -0.4 is 16.8 Å². The fraction of sp³-hybridized carbons (Fsp3) is 0.381. The average molecular weight is 565 g/mol. The van der Waals surface area contributed by atoms with Crippen LogP contribution in [-0.4, -0.2) is 79.3 Å². The van der Waals surface area contributed by atoms with Gasteiger partial charge in [0.1, 0.15) is 18.8 Å². The molecular weight excluding hydrogens is 540 g/mol. The van der Waals surface area contributed by atoms with Crippen LogP contribution in [0.15, 0.2) is 39.1 Å². The van der Waals surface area contributed by atoms with E-state index in [-0.39, 0.29) is 22.4 Å². The van der Waals surface area contributed by atoms with E-state index in [1.165, 1.54) is 23.8 Å². The number of nitrogens with one attached hydrogen (secondary N) is 1. The molecule has 0 bridgehead atoms. The Morgan fingerprint density at radius 3 is 2.92 bits per heavy atom. The van der Waals surface area contributed by atoms with Crippen LogP contribution in [0.1, 0.15) is 24.2 Å². The van der Waals surface area contributed by atoms with E-state index in [2.05, 4.69) is 24.8 Å². The molecule has 2 atom stereocenters. The number of nitrogen functional groups attached to an aromatic ring is 1. The lowest BCUT2D eigenvalue weighted by Crippen LogP contribution is -2.72. The number of hydrogen-bond acceptors (Lipinski definition) is 13. The number of rotatable bonds is 11. The number of carbonyl (C=O) groups is 3. The number of allylic oxidation sites excluding steroid dienone is 1. The molecule has 2 amide bonds. The highest BCUT2D eigenvalue weighted by Gasteiger charge is 2.54. The Morgan fingerprint density at radius 1 is 1.43 bits per heavy atom. The molecule has 4 heterocycles. The molecule has 2 aromatic rings. The third kappa shape index (κ3) is 5.71. The zero-order valence-electron chi connectivity index (χ0n) is 19.6. The summed E-state index contributed by atoms with van der Waals surface area (Å²) >= 11 is 3.87. The predicted molar refractivity (Wildman–Crippen MR) is 140 cm³/mol. The summed E-state index contributed by atoms with van der Waals surface area (Å²) in [5.41, 5.74) is 11.8. The van der Waals surface area contributed by atoms with Gasteiger partial charge in [0.15, 0.2) is 5.13 Å². The number of nitrogens with zero attached hydrogens (tertiary/aromatic N) is 5. The van der Waals surface area contributed by atoms with Crippen LogP contribution in [0.5, 0.6) is 0 Å². The van der Waals surface area contributed by atoms with Gasteiger partial charge in [-0.25, -0.2) is 4.79 Å². The Hall–Kier alpha value is -3.21. The molecule has 2 unspecified atom stereocenters. The van der Waals surface area contributed by atoms with Gasteiger partial charge in [0.25, 0.3) is 11.8 Å². The molecule has 37 heavy (non-hydrogen) atoms. The third-order valence-electron chi connectivity index (χ3n) is 5.54. The third-order valence-corrected chi connectivity index (χ3v) is 8.39. The van der Waals surface area contributed by atoms with Gasteiger partial charge in [-0.2, -0.15) is 21.1 Å². The van der Waals surface area contributed by atoms with E-state index in [4.69, 9.17) is 16.3 Å². The number of aliphatic carboxylic acids is 1. The van der Waals surface area contributed by atoms with Crippen LogP contribution in [0.3, 0.4) is 0 Å². The number of carboxylic acid groups (broad SMARTS) is 1. The second kappa shape index (κ2) is 11.9. The number of oxime groups is 1. The molecular formula is C21H24N8O5S3. The van der Waals surface area contributed by atoms with Crippen molar-refractivity contribution in [3.63, 3.8) is 0 Å². The van der Waals surface area contributed by atoms with Gasteiger partial charge < -0.3 is 26.7 Å². The molecule has 1 saturated heterocycles. The second-order valence-electron chi connectivity index (χ2n) is 7.85. The van der Waals surface area contributed by atoms with Crippen LogP contribution in [0.2, 0.25) is 0 Å². The van der Waals surface area contributed by atoms with E-state index in [1.54, 1.807) is 24.2 Å². The van der Waals surface area contributed by atoms with E-state index in [0.717, 1.165) is 27.7 Å². The predicted octanol–water partition coefficient (Wildman–Crippen LogP) is 0.636. The summed E-state index contributed by atoms with van der Waals surface area (Å²) in [4.78, 5) is 53.7. The number of anilines is 1. The van der Waals surface area contributed by atoms with Crippen molar-refractivity contribution in [2.24, 2.45) is 10.9 Å². The molecule has 0 saturated carbocycles. The number of amides is 2. The monoisotopic (exact) mass is 564 g/mol. The van der Waals surface area contributed by atoms with E-state index < -0.39 is 29.9 Å². The summed E-state index contributed by atoms with van der Waals surface area (Å²) in [5.74, 6) is -1.01.